The molecule has 1 heterocycles. The predicted molar refractivity (Wildman–Crippen MR) is 106 cm³/mol. The zero-order valence-electron chi connectivity index (χ0n) is 13.4. The molecule has 1 N–H and O–H groups in total. The van der Waals surface area contributed by atoms with Crippen LogP contribution in [0.1, 0.15) is 5.56 Å². The summed E-state index contributed by atoms with van der Waals surface area (Å²) in [4.78, 5) is 4.27. The van der Waals surface area contributed by atoms with Crippen LogP contribution in [0.5, 0.6) is 0 Å². The number of hydrogen-bond acceptors (Lipinski definition) is 4. The Hall–Kier alpha value is -2.34. The van der Waals surface area contributed by atoms with Gasteiger partial charge in [0.1, 0.15) is 5.15 Å². The quantitative estimate of drug-likeness (QED) is 0.588. The topological polar surface area (TPSA) is 59.1 Å². The van der Waals surface area contributed by atoms with Crippen molar-refractivity contribution in [3.63, 3.8) is 0 Å². The first-order chi connectivity index (χ1) is 12.5. The van der Waals surface area contributed by atoms with Gasteiger partial charge in [-0.25, -0.2) is 13.4 Å². The van der Waals surface area contributed by atoms with Crippen molar-refractivity contribution in [2.75, 3.05) is 5.32 Å². The van der Waals surface area contributed by atoms with Gasteiger partial charge in [0.2, 0.25) is 9.84 Å². The molecular formula is C19H14Cl2N2O2S. The van der Waals surface area contributed by atoms with Gasteiger partial charge in [0.05, 0.1) is 9.80 Å². The fraction of sp³-hybridized carbons (Fsp3) is 0. The van der Waals surface area contributed by atoms with Gasteiger partial charge >= 0.3 is 0 Å². The van der Waals surface area contributed by atoms with E-state index < -0.39 is 9.84 Å². The van der Waals surface area contributed by atoms with Crippen molar-refractivity contribution in [2.24, 2.45) is 0 Å². The van der Waals surface area contributed by atoms with Crippen molar-refractivity contribution in [3.8, 4) is 0 Å². The van der Waals surface area contributed by atoms with Crippen LogP contribution in [0.4, 0.5) is 5.69 Å². The van der Waals surface area contributed by atoms with Gasteiger partial charge < -0.3 is 5.32 Å². The van der Waals surface area contributed by atoms with Gasteiger partial charge in [0.15, 0.2) is 0 Å². The van der Waals surface area contributed by atoms with Crippen molar-refractivity contribution in [3.05, 3.63) is 94.9 Å². The van der Waals surface area contributed by atoms with Gasteiger partial charge in [-0.15, -0.1) is 0 Å². The summed E-state index contributed by atoms with van der Waals surface area (Å²) in [5.74, 6) is 0. The first-order valence-electron chi connectivity index (χ1n) is 7.61. The van der Waals surface area contributed by atoms with Crippen molar-refractivity contribution in [2.45, 2.75) is 4.90 Å². The van der Waals surface area contributed by atoms with Gasteiger partial charge in [-0.1, -0.05) is 41.4 Å². The average molecular weight is 405 g/mol. The molecule has 0 fully saturated rings. The zero-order chi connectivity index (χ0) is 18.6. The molecule has 0 bridgehead atoms. The van der Waals surface area contributed by atoms with Crippen LogP contribution in [0.25, 0.3) is 4.91 Å². The van der Waals surface area contributed by atoms with E-state index >= 15 is 0 Å². The van der Waals surface area contributed by atoms with Gasteiger partial charge in [-0.05, 0) is 48.5 Å². The van der Waals surface area contributed by atoms with Gasteiger partial charge in [-0.2, -0.15) is 0 Å². The molecule has 1 aromatic heterocycles. The maximum atomic E-state index is 13.1. The predicted octanol–water partition coefficient (Wildman–Crippen LogP) is 5.27. The Morgan fingerprint density at radius 2 is 1.62 bits per heavy atom. The number of pyridine rings is 1. The molecule has 4 nitrogen and oxygen atoms in total. The number of sulfone groups is 1. The second kappa shape index (κ2) is 7.91. The minimum atomic E-state index is -3.76. The third-order valence-corrected chi connectivity index (χ3v) is 5.87. The van der Waals surface area contributed by atoms with E-state index in [1.807, 2.05) is 0 Å². The molecule has 132 valence electrons. The van der Waals surface area contributed by atoms with Gasteiger partial charge in [-0.3, -0.25) is 0 Å². The molecule has 2 aromatic carbocycles. The second-order valence-corrected chi connectivity index (χ2v) is 8.09. The molecule has 0 amide bonds. The van der Waals surface area contributed by atoms with Crippen molar-refractivity contribution < 1.29 is 8.42 Å². The Kier molecular flexibility index (Phi) is 5.61. The lowest BCUT2D eigenvalue weighted by Crippen LogP contribution is -2.06. The lowest BCUT2D eigenvalue weighted by Gasteiger charge is -2.11. The average Bonchev–Trinajstić information content (AvgIpc) is 2.65. The lowest BCUT2D eigenvalue weighted by atomic mass is 10.2. The largest absolute Gasteiger partial charge is 0.360 e. The van der Waals surface area contributed by atoms with E-state index in [0.717, 1.165) is 0 Å². The molecule has 0 radical (unpaired) electrons. The Morgan fingerprint density at radius 1 is 0.923 bits per heavy atom. The minimum absolute atomic E-state index is 0.0859. The monoisotopic (exact) mass is 404 g/mol. The van der Waals surface area contributed by atoms with Gasteiger partial charge in [0, 0.05) is 28.7 Å². The summed E-state index contributed by atoms with van der Waals surface area (Å²) in [5, 5.41) is 3.88. The van der Waals surface area contributed by atoms with Crippen LogP contribution in [-0.2, 0) is 9.84 Å². The number of nitrogens with zero attached hydrogens (tertiary/aromatic N) is 1. The summed E-state index contributed by atoms with van der Waals surface area (Å²) < 4.78 is 26.2. The summed E-state index contributed by atoms with van der Waals surface area (Å²) in [6, 6.07) is 18.3. The highest BCUT2D eigenvalue weighted by Gasteiger charge is 2.22. The van der Waals surface area contributed by atoms with E-state index in [-0.39, 0.29) is 15.0 Å². The van der Waals surface area contributed by atoms with Crippen LogP contribution >= 0.6 is 23.2 Å². The van der Waals surface area contributed by atoms with E-state index in [1.165, 1.54) is 12.4 Å². The molecule has 0 aliphatic carbocycles. The van der Waals surface area contributed by atoms with Crippen LogP contribution < -0.4 is 5.32 Å². The molecule has 3 rings (SSSR count). The number of benzene rings is 2. The fourth-order valence-electron chi connectivity index (χ4n) is 2.26. The minimum Gasteiger partial charge on any atom is -0.360 e. The molecular weight excluding hydrogens is 391 g/mol. The Bertz CT molecular complexity index is 1020. The molecule has 7 heteroatoms. The van der Waals surface area contributed by atoms with E-state index in [4.69, 9.17) is 23.2 Å². The molecule has 0 aliphatic rings. The van der Waals surface area contributed by atoms with Gasteiger partial charge in [0.25, 0.3) is 0 Å². The van der Waals surface area contributed by atoms with Crippen molar-refractivity contribution in [1.82, 2.24) is 4.98 Å². The molecule has 0 spiro atoms. The molecule has 26 heavy (non-hydrogen) atoms. The molecule has 0 atom stereocenters. The van der Waals surface area contributed by atoms with E-state index in [9.17, 15) is 8.42 Å². The van der Waals surface area contributed by atoms with Crippen LogP contribution in [-0.4, -0.2) is 13.4 Å². The highest BCUT2D eigenvalue weighted by atomic mass is 35.5. The summed E-state index contributed by atoms with van der Waals surface area (Å²) >= 11 is 11.7. The van der Waals surface area contributed by atoms with Crippen molar-refractivity contribution in [1.29, 1.82) is 0 Å². The summed E-state index contributed by atoms with van der Waals surface area (Å²) in [6.45, 7) is 0. The van der Waals surface area contributed by atoms with Crippen LogP contribution in [0, 0.1) is 0 Å². The van der Waals surface area contributed by atoms with E-state index in [2.05, 4.69) is 10.3 Å². The van der Waals surface area contributed by atoms with Crippen LogP contribution in [0.15, 0.2) is 84.0 Å². The zero-order valence-corrected chi connectivity index (χ0v) is 15.8. The highest BCUT2D eigenvalue weighted by molar-refractivity contribution is 8.00. The smallest absolute Gasteiger partial charge is 0.208 e. The number of aromatic nitrogens is 1. The molecule has 0 aliphatic heterocycles. The Morgan fingerprint density at radius 3 is 2.23 bits per heavy atom. The lowest BCUT2D eigenvalue weighted by molar-refractivity contribution is 0.606. The van der Waals surface area contributed by atoms with Crippen LogP contribution in [0.3, 0.4) is 0 Å². The normalized spacial score (nSPS) is 12.0. The maximum Gasteiger partial charge on any atom is 0.208 e. The number of halogens is 2. The molecule has 0 saturated carbocycles. The highest BCUT2D eigenvalue weighted by Crippen LogP contribution is 2.28. The summed E-state index contributed by atoms with van der Waals surface area (Å²) in [6.07, 6.45) is 2.87. The van der Waals surface area contributed by atoms with E-state index in [0.29, 0.717) is 16.3 Å². The summed E-state index contributed by atoms with van der Waals surface area (Å²) in [5.41, 5.74) is 1.14. The summed E-state index contributed by atoms with van der Waals surface area (Å²) in [7, 11) is -3.76. The third-order valence-electron chi connectivity index (χ3n) is 3.57. The number of anilines is 1. The fourth-order valence-corrected chi connectivity index (χ4v) is 3.91. The second-order valence-electron chi connectivity index (χ2n) is 5.35. The Balaban J connectivity index is 2.06. The SMILES string of the molecule is O=S(=O)(C(=CNc1ccc(Cl)cc1)c1ccc(Cl)nc1)c1ccccc1. The van der Waals surface area contributed by atoms with E-state index in [1.54, 1.807) is 66.7 Å². The first-order valence-corrected chi connectivity index (χ1v) is 9.85. The standard InChI is InChI=1S/C19H14Cl2N2O2S/c20-15-7-9-16(10-8-15)22-13-18(14-6-11-19(21)23-12-14)26(24,25)17-4-2-1-3-5-17/h1-13,22H. The van der Waals surface area contributed by atoms with Crippen molar-refractivity contribution >= 4 is 43.6 Å². The third kappa shape index (κ3) is 4.25. The molecule has 3 aromatic rings. The number of rotatable bonds is 5. The number of nitrogens with one attached hydrogen (secondary N) is 1. The molecule has 0 unspecified atom stereocenters. The van der Waals surface area contributed by atoms with Crippen LogP contribution in [0.2, 0.25) is 10.2 Å². The maximum absolute atomic E-state index is 13.1. The number of hydrogen-bond donors (Lipinski definition) is 1. The molecule has 0 saturated heterocycles. The Labute approximate surface area is 162 Å². The first kappa shape index (κ1) is 18.5.